The summed E-state index contributed by atoms with van der Waals surface area (Å²) in [5.74, 6) is 0.941. The van der Waals surface area contributed by atoms with Crippen LogP contribution in [0, 0.1) is 0 Å². The maximum absolute atomic E-state index is 5.62. The van der Waals surface area contributed by atoms with Crippen molar-refractivity contribution in [2.24, 2.45) is 5.73 Å². The molecule has 0 atom stereocenters. The van der Waals surface area contributed by atoms with Crippen molar-refractivity contribution in [1.29, 1.82) is 0 Å². The van der Waals surface area contributed by atoms with Crippen molar-refractivity contribution in [3.05, 3.63) is 30.5 Å². The summed E-state index contributed by atoms with van der Waals surface area (Å²) in [6.07, 6.45) is 2.86. The molecule has 0 radical (unpaired) electrons. The van der Waals surface area contributed by atoms with Crippen LogP contribution in [0.15, 0.2) is 24.9 Å². The van der Waals surface area contributed by atoms with E-state index in [-0.39, 0.29) is 0 Å². The molecular formula is C11H17N3. The Bertz CT molecular complexity index is 320. The van der Waals surface area contributed by atoms with Crippen LogP contribution in [0.3, 0.4) is 0 Å². The maximum atomic E-state index is 5.62. The molecule has 0 aliphatic rings. The van der Waals surface area contributed by atoms with E-state index in [0.717, 1.165) is 24.3 Å². The summed E-state index contributed by atoms with van der Waals surface area (Å²) in [5, 5.41) is 0. The molecule has 2 N–H and O–H groups in total. The van der Waals surface area contributed by atoms with E-state index in [9.17, 15) is 0 Å². The number of anilines is 1. The number of hydrogen-bond acceptors (Lipinski definition) is 3. The third-order valence-electron chi connectivity index (χ3n) is 2.07. The molecule has 0 spiro atoms. The summed E-state index contributed by atoms with van der Waals surface area (Å²) in [4.78, 5) is 6.37. The minimum atomic E-state index is 0.582. The van der Waals surface area contributed by atoms with Gasteiger partial charge in [-0.05, 0) is 18.6 Å². The predicted molar refractivity (Wildman–Crippen MR) is 61.0 cm³/mol. The van der Waals surface area contributed by atoms with Crippen molar-refractivity contribution in [1.82, 2.24) is 4.98 Å². The van der Waals surface area contributed by atoms with Gasteiger partial charge in [-0.25, -0.2) is 4.98 Å². The van der Waals surface area contributed by atoms with Gasteiger partial charge in [-0.3, -0.25) is 0 Å². The lowest BCUT2D eigenvalue weighted by Crippen LogP contribution is -2.19. The van der Waals surface area contributed by atoms with E-state index in [1.54, 1.807) is 6.20 Å². The first-order chi connectivity index (χ1) is 6.65. The Balaban J connectivity index is 2.87. The van der Waals surface area contributed by atoms with Gasteiger partial charge in [-0.15, -0.1) is 0 Å². The topological polar surface area (TPSA) is 42.1 Å². The van der Waals surface area contributed by atoms with E-state index in [0.29, 0.717) is 5.70 Å². The second kappa shape index (κ2) is 4.65. The van der Waals surface area contributed by atoms with Gasteiger partial charge in [-0.2, -0.15) is 0 Å². The molecule has 0 amide bonds. The molecule has 0 saturated carbocycles. The van der Waals surface area contributed by atoms with Crippen LogP contribution in [-0.4, -0.2) is 18.6 Å². The molecule has 76 valence electrons. The zero-order valence-corrected chi connectivity index (χ0v) is 8.83. The van der Waals surface area contributed by atoms with Crippen molar-refractivity contribution in [3.8, 4) is 0 Å². The van der Waals surface area contributed by atoms with E-state index in [4.69, 9.17) is 5.73 Å². The van der Waals surface area contributed by atoms with Crippen LogP contribution in [-0.2, 0) is 0 Å². The predicted octanol–water partition coefficient (Wildman–Crippen LogP) is 1.86. The lowest BCUT2D eigenvalue weighted by Gasteiger charge is -2.17. The number of nitrogens with two attached hydrogens (primary N) is 1. The average molecular weight is 191 g/mol. The van der Waals surface area contributed by atoms with Gasteiger partial charge in [0.05, 0.1) is 0 Å². The summed E-state index contributed by atoms with van der Waals surface area (Å²) < 4.78 is 0. The quantitative estimate of drug-likeness (QED) is 0.789. The van der Waals surface area contributed by atoms with Gasteiger partial charge in [0.1, 0.15) is 5.82 Å². The van der Waals surface area contributed by atoms with Crippen molar-refractivity contribution in [2.75, 3.05) is 18.5 Å². The molecule has 0 fully saturated rings. The Morgan fingerprint density at radius 2 is 2.36 bits per heavy atom. The Morgan fingerprint density at radius 3 is 2.93 bits per heavy atom. The van der Waals surface area contributed by atoms with Crippen LogP contribution in [0.25, 0.3) is 5.70 Å². The van der Waals surface area contributed by atoms with E-state index >= 15 is 0 Å². The van der Waals surface area contributed by atoms with Crippen LogP contribution < -0.4 is 10.6 Å². The molecule has 0 unspecified atom stereocenters. The van der Waals surface area contributed by atoms with Crippen molar-refractivity contribution in [3.63, 3.8) is 0 Å². The van der Waals surface area contributed by atoms with Gasteiger partial charge in [0.25, 0.3) is 0 Å². The number of hydrogen-bond donors (Lipinski definition) is 1. The Hall–Kier alpha value is -1.51. The van der Waals surface area contributed by atoms with Crippen molar-refractivity contribution < 1.29 is 0 Å². The SMILES string of the molecule is C=C(N)c1ccnc(N(C)CCC)c1. The number of nitrogens with zero attached hydrogens (tertiary/aromatic N) is 2. The van der Waals surface area contributed by atoms with E-state index in [1.807, 2.05) is 19.2 Å². The molecule has 0 saturated heterocycles. The third-order valence-corrected chi connectivity index (χ3v) is 2.07. The standard InChI is InChI=1S/C11H17N3/c1-4-7-14(3)11-8-10(9(2)12)5-6-13-11/h5-6,8H,2,4,7,12H2,1,3H3. The van der Waals surface area contributed by atoms with Crippen molar-refractivity contribution in [2.45, 2.75) is 13.3 Å². The number of pyridine rings is 1. The van der Waals surface area contributed by atoms with Crippen molar-refractivity contribution >= 4 is 11.5 Å². The van der Waals surface area contributed by atoms with Gasteiger partial charge >= 0.3 is 0 Å². The monoisotopic (exact) mass is 191 g/mol. The highest BCUT2D eigenvalue weighted by molar-refractivity contribution is 5.62. The number of aromatic nitrogens is 1. The molecule has 1 rings (SSSR count). The normalized spacial score (nSPS) is 9.86. The molecule has 3 heteroatoms. The number of rotatable bonds is 4. The Kier molecular flexibility index (Phi) is 3.51. The van der Waals surface area contributed by atoms with E-state index in [2.05, 4.69) is 23.4 Å². The molecule has 1 aromatic heterocycles. The van der Waals surface area contributed by atoms with Gasteiger partial charge in [0, 0.05) is 31.0 Å². The minimum absolute atomic E-state index is 0.582. The van der Waals surface area contributed by atoms with Crippen LogP contribution in [0.2, 0.25) is 0 Å². The van der Waals surface area contributed by atoms with Gasteiger partial charge < -0.3 is 10.6 Å². The summed E-state index contributed by atoms with van der Waals surface area (Å²) in [6.45, 7) is 6.84. The van der Waals surface area contributed by atoms with Gasteiger partial charge in [0.2, 0.25) is 0 Å². The Labute approximate surface area is 85.3 Å². The average Bonchev–Trinajstić information content (AvgIpc) is 2.18. The molecule has 1 aromatic rings. The third kappa shape index (κ3) is 2.49. The van der Waals surface area contributed by atoms with Crippen LogP contribution in [0.5, 0.6) is 0 Å². The molecular weight excluding hydrogens is 174 g/mol. The Morgan fingerprint density at radius 1 is 1.64 bits per heavy atom. The zero-order chi connectivity index (χ0) is 10.6. The lowest BCUT2D eigenvalue weighted by molar-refractivity contribution is 0.837. The van der Waals surface area contributed by atoms with Gasteiger partial charge in [-0.1, -0.05) is 13.5 Å². The fourth-order valence-electron chi connectivity index (χ4n) is 1.28. The second-order valence-electron chi connectivity index (χ2n) is 3.35. The van der Waals surface area contributed by atoms with Crippen LogP contribution >= 0.6 is 0 Å². The largest absolute Gasteiger partial charge is 0.399 e. The minimum Gasteiger partial charge on any atom is -0.399 e. The molecule has 14 heavy (non-hydrogen) atoms. The second-order valence-corrected chi connectivity index (χ2v) is 3.35. The summed E-state index contributed by atoms with van der Waals surface area (Å²) in [7, 11) is 2.02. The maximum Gasteiger partial charge on any atom is 0.128 e. The zero-order valence-electron chi connectivity index (χ0n) is 8.83. The highest BCUT2D eigenvalue weighted by Gasteiger charge is 2.02. The highest BCUT2D eigenvalue weighted by atomic mass is 15.2. The molecule has 0 aliphatic heterocycles. The first-order valence-corrected chi connectivity index (χ1v) is 4.77. The summed E-state index contributed by atoms with van der Waals surface area (Å²) in [6, 6.07) is 3.82. The fourth-order valence-corrected chi connectivity index (χ4v) is 1.28. The van der Waals surface area contributed by atoms with Crippen LogP contribution in [0.1, 0.15) is 18.9 Å². The molecule has 1 heterocycles. The molecule has 0 aliphatic carbocycles. The molecule has 0 aromatic carbocycles. The summed E-state index contributed by atoms with van der Waals surface area (Å²) >= 11 is 0. The van der Waals surface area contributed by atoms with E-state index < -0.39 is 0 Å². The smallest absolute Gasteiger partial charge is 0.128 e. The first-order valence-electron chi connectivity index (χ1n) is 4.77. The highest BCUT2D eigenvalue weighted by Crippen LogP contribution is 2.14. The fraction of sp³-hybridized carbons (Fsp3) is 0.364. The lowest BCUT2D eigenvalue weighted by atomic mass is 10.2. The first kappa shape index (κ1) is 10.6. The van der Waals surface area contributed by atoms with Crippen LogP contribution in [0.4, 0.5) is 5.82 Å². The molecule has 3 nitrogen and oxygen atoms in total. The van der Waals surface area contributed by atoms with Gasteiger partial charge in [0.15, 0.2) is 0 Å². The summed E-state index contributed by atoms with van der Waals surface area (Å²) in [5.41, 5.74) is 7.14. The van der Waals surface area contributed by atoms with E-state index in [1.165, 1.54) is 0 Å². The molecule has 0 bridgehead atoms.